The van der Waals surface area contributed by atoms with Crippen LogP contribution in [0.4, 0.5) is 0 Å². The van der Waals surface area contributed by atoms with Gasteiger partial charge in [-0.3, -0.25) is 9.59 Å². The van der Waals surface area contributed by atoms with Crippen LogP contribution in [0.3, 0.4) is 0 Å². The van der Waals surface area contributed by atoms with Crippen molar-refractivity contribution in [3.63, 3.8) is 0 Å². The summed E-state index contributed by atoms with van der Waals surface area (Å²) in [7, 11) is 1.70. The number of nitrogens with zero attached hydrogens (tertiary/aromatic N) is 1. The number of thiophene rings is 1. The molecule has 0 fully saturated rings. The molecule has 2 rings (SSSR count). The highest BCUT2D eigenvalue weighted by Crippen LogP contribution is 2.22. The highest BCUT2D eigenvalue weighted by atomic mass is 79.9. The number of carbonyl (C=O) groups excluding carboxylic acids is 1. The molecule has 0 saturated heterocycles. The zero-order valence-corrected chi connectivity index (χ0v) is 15.5. The summed E-state index contributed by atoms with van der Waals surface area (Å²) in [6, 6.07) is 3.91. The summed E-state index contributed by atoms with van der Waals surface area (Å²) < 4.78 is 3.88. The van der Waals surface area contributed by atoms with Crippen LogP contribution in [-0.4, -0.2) is 10.4 Å². The lowest BCUT2D eigenvalue weighted by Gasteiger charge is -2.12. The van der Waals surface area contributed by atoms with E-state index in [0.717, 1.165) is 8.66 Å². The third kappa shape index (κ3) is 3.81. The number of hydrogen-bond acceptors (Lipinski definition) is 4. The molecule has 0 radical (unpaired) electrons. The Kier molecular flexibility index (Phi) is 4.70. The molecule has 0 unspecified atom stereocenters. The summed E-state index contributed by atoms with van der Waals surface area (Å²) in [4.78, 5) is 25.3. The molecular weight excluding hydrogens is 370 g/mol. The topological polar surface area (TPSA) is 39.1 Å². The quantitative estimate of drug-likeness (QED) is 0.796. The average molecular weight is 386 g/mol. The Labute approximate surface area is 139 Å². The average Bonchev–Trinajstić information content (AvgIpc) is 2.89. The minimum absolute atomic E-state index is 0.0183. The van der Waals surface area contributed by atoms with Crippen molar-refractivity contribution >= 4 is 56.5 Å². The maximum Gasteiger partial charge on any atom is 0.268 e. The number of thiazole rings is 1. The van der Waals surface area contributed by atoms with Gasteiger partial charge >= 0.3 is 0 Å². The molecule has 0 amide bonds. The summed E-state index contributed by atoms with van der Waals surface area (Å²) >= 11 is 6.32. The minimum atomic E-state index is -0.442. The normalized spacial score (nSPS) is 14.0. The summed E-state index contributed by atoms with van der Waals surface area (Å²) in [5.41, 5.74) is -0.514. The van der Waals surface area contributed by atoms with E-state index >= 15 is 0 Å². The van der Waals surface area contributed by atoms with Crippen LogP contribution < -0.4 is 14.8 Å². The van der Waals surface area contributed by atoms with Crippen molar-refractivity contribution in [2.75, 3.05) is 0 Å². The number of rotatable bonds is 2. The Bertz CT molecular complexity index is 850. The van der Waals surface area contributed by atoms with Crippen molar-refractivity contribution in [1.82, 2.24) is 4.57 Å². The molecule has 0 saturated carbocycles. The summed E-state index contributed by atoms with van der Waals surface area (Å²) in [5.74, 6) is 0.0183. The van der Waals surface area contributed by atoms with Crippen molar-refractivity contribution in [2.45, 2.75) is 20.8 Å². The lowest BCUT2D eigenvalue weighted by molar-refractivity contribution is -0.120. The van der Waals surface area contributed by atoms with Crippen LogP contribution in [0.15, 0.2) is 20.7 Å². The maximum absolute atomic E-state index is 12.2. The largest absolute Gasteiger partial charge is 0.302 e. The molecule has 0 atom stereocenters. The molecular formula is C15H16BrNO2S2. The van der Waals surface area contributed by atoms with E-state index in [2.05, 4.69) is 15.9 Å². The van der Waals surface area contributed by atoms with Crippen molar-refractivity contribution in [1.29, 1.82) is 0 Å². The van der Waals surface area contributed by atoms with Crippen LogP contribution >= 0.6 is 38.6 Å². The smallest absolute Gasteiger partial charge is 0.268 e. The summed E-state index contributed by atoms with van der Waals surface area (Å²) in [6.07, 6.45) is 3.43. The predicted octanol–water partition coefficient (Wildman–Crippen LogP) is 2.50. The number of aromatic nitrogens is 1. The Morgan fingerprint density at radius 1 is 1.29 bits per heavy atom. The van der Waals surface area contributed by atoms with Crippen molar-refractivity contribution < 1.29 is 4.79 Å². The van der Waals surface area contributed by atoms with E-state index in [0.29, 0.717) is 9.20 Å². The van der Waals surface area contributed by atoms with E-state index < -0.39 is 5.41 Å². The van der Waals surface area contributed by atoms with Gasteiger partial charge in [-0.2, -0.15) is 0 Å². The van der Waals surface area contributed by atoms with Gasteiger partial charge in [-0.1, -0.05) is 20.8 Å². The first-order chi connectivity index (χ1) is 9.68. The molecule has 2 aromatic heterocycles. The molecule has 0 aliphatic carbocycles. The van der Waals surface area contributed by atoms with Crippen LogP contribution in [0.5, 0.6) is 0 Å². The lowest BCUT2D eigenvalue weighted by atomic mass is 9.91. The fourth-order valence-corrected chi connectivity index (χ4v) is 4.03. The van der Waals surface area contributed by atoms with Gasteiger partial charge in [0.1, 0.15) is 4.66 Å². The molecule has 0 aliphatic rings. The molecule has 2 heterocycles. The number of hydrogen-bond donors (Lipinski definition) is 0. The zero-order chi connectivity index (χ0) is 15.8. The number of carbonyl (C=O) groups is 1. The van der Waals surface area contributed by atoms with Crippen LogP contribution in [-0.2, 0) is 11.8 Å². The van der Waals surface area contributed by atoms with E-state index in [9.17, 15) is 9.59 Å². The van der Waals surface area contributed by atoms with Crippen LogP contribution in [0.25, 0.3) is 12.2 Å². The monoisotopic (exact) mass is 385 g/mol. The van der Waals surface area contributed by atoms with E-state index in [1.165, 1.54) is 15.9 Å². The van der Waals surface area contributed by atoms with Gasteiger partial charge in [-0.05, 0) is 34.1 Å². The molecule has 2 aromatic rings. The van der Waals surface area contributed by atoms with Gasteiger partial charge in [0.05, 0.1) is 8.32 Å². The zero-order valence-electron chi connectivity index (χ0n) is 12.3. The Hall–Kier alpha value is -0.980. The molecule has 112 valence electrons. The fourth-order valence-electron chi connectivity index (χ4n) is 1.57. The van der Waals surface area contributed by atoms with Crippen molar-refractivity contribution in [2.24, 2.45) is 12.5 Å². The summed E-state index contributed by atoms with van der Waals surface area (Å²) in [6.45, 7) is 5.61. The number of Topliss-reactive ketones (excluding diaryl/α,β-unsaturated/α-hetero) is 1. The minimum Gasteiger partial charge on any atom is -0.302 e. The standard InChI is InChI=1S/C15H16BrNO2S2/c1-15(2,3)11(18)8-13-17(4)14(19)10(21-13)7-9-5-6-12(16)20-9/h5-8H,1-4H3/b10-7+,13-8-. The first-order valence-electron chi connectivity index (χ1n) is 6.37. The molecule has 0 aliphatic heterocycles. The van der Waals surface area contributed by atoms with Gasteiger partial charge in [0.2, 0.25) is 0 Å². The van der Waals surface area contributed by atoms with Gasteiger partial charge in [-0.25, -0.2) is 0 Å². The van der Waals surface area contributed by atoms with E-state index in [1.807, 2.05) is 39.0 Å². The molecule has 21 heavy (non-hydrogen) atoms. The molecule has 0 N–H and O–H groups in total. The molecule has 0 aromatic carbocycles. The van der Waals surface area contributed by atoms with Crippen LogP contribution in [0.1, 0.15) is 25.6 Å². The van der Waals surface area contributed by atoms with Gasteiger partial charge in [0, 0.05) is 23.4 Å². The van der Waals surface area contributed by atoms with Crippen molar-refractivity contribution in [3.8, 4) is 0 Å². The van der Waals surface area contributed by atoms with Gasteiger partial charge in [-0.15, -0.1) is 22.7 Å². The first kappa shape index (κ1) is 16.4. The van der Waals surface area contributed by atoms with Crippen molar-refractivity contribution in [3.05, 3.63) is 40.3 Å². The third-order valence-corrected chi connectivity index (χ3v) is 5.61. The van der Waals surface area contributed by atoms with E-state index in [-0.39, 0.29) is 11.3 Å². The number of halogens is 1. The lowest BCUT2D eigenvalue weighted by Crippen LogP contribution is -2.29. The van der Waals surface area contributed by atoms with Gasteiger partial charge in [0.15, 0.2) is 5.78 Å². The second-order valence-corrected chi connectivity index (χ2v) is 9.27. The maximum atomic E-state index is 12.2. The van der Waals surface area contributed by atoms with Gasteiger partial charge < -0.3 is 4.57 Å². The Morgan fingerprint density at radius 3 is 2.48 bits per heavy atom. The molecule has 6 heteroatoms. The second kappa shape index (κ2) is 6.02. The fraction of sp³-hybridized carbons (Fsp3) is 0.333. The van der Waals surface area contributed by atoms with E-state index in [1.54, 1.807) is 24.5 Å². The summed E-state index contributed by atoms with van der Waals surface area (Å²) in [5, 5.41) is 0. The third-order valence-electron chi connectivity index (χ3n) is 2.92. The Balaban J connectivity index is 2.57. The second-order valence-electron chi connectivity index (χ2n) is 5.71. The highest BCUT2D eigenvalue weighted by molar-refractivity contribution is 9.11. The van der Waals surface area contributed by atoms with Crippen LogP contribution in [0.2, 0.25) is 0 Å². The molecule has 0 bridgehead atoms. The van der Waals surface area contributed by atoms with Crippen LogP contribution in [0, 0.1) is 5.41 Å². The number of ketones is 1. The first-order valence-corrected chi connectivity index (χ1v) is 8.80. The van der Waals surface area contributed by atoms with Gasteiger partial charge in [0.25, 0.3) is 5.56 Å². The molecule has 3 nitrogen and oxygen atoms in total. The Morgan fingerprint density at radius 2 is 1.95 bits per heavy atom. The SMILES string of the molecule is Cn1c(=O)/c(=C\c2ccc(Br)s2)s/c1=C\C(=O)C(C)(C)C. The predicted molar refractivity (Wildman–Crippen MR) is 93.3 cm³/mol. The van der Waals surface area contributed by atoms with E-state index in [4.69, 9.17) is 0 Å². The molecule has 0 spiro atoms. The highest BCUT2D eigenvalue weighted by Gasteiger charge is 2.19.